The normalized spacial score (nSPS) is 10.7. The second-order valence-corrected chi connectivity index (χ2v) is 5.78. The third-order valence-electron chi connectivity index (χ3n) is 3.11. The molecule has 0 aliphatic heterocycles. The molecule has 2 heteroatoms. The number of hydrogen-bond acceptors (Lipinski definition) is 2. The summed E-state index contributed by atoms with van der Waals surface area (Å²) in [5.41, 5.74) is 10.8. The molecule has 0 aliphatic rings. The van der Waals surface area contributed by atoms with E-state index in [4.69, 9.17) is 5.73 Å². The van der Waals surface area contributed by atoms with Crippen LogP contribution in [-0.2, 0) is 6.54 Å². The van der Waals surface area contributed by atoms with Gasteiger partial charge in [-0.2, -0.15) is 0 Å². The summed E-state index contributed by atoms with van der Waals surface area (Å²) in [6.07, 6.45) is 0. The molecule has 0 bridgehead atoms. The molecule has 1 nitrogen and oxygen atoms in total. The summed E-state index contributed by atoms with van der Waals surface area (Å²) >= 11 is 1.82. The van der Waals surface area contributed by atoms with Gasteiger partial charge in [0.05, 0.1) is 0 Å². The zero-order chi connectivity index (χ0) is 13.1. The van der Waals surface area contributed by atoms with Gasteiger partial charge in [0, 0.05) is 16.3 Å². The molecule has 2 rings (SSSR count). The Balaban J connectivity index is 2.28. The Labute approximate surface area is 113 Å². The Hall–Kier alpha value is -1.25. The van der Waals surface area contributed by atoms with Crippen LogP contribution < -0.4 is 5.73 Å². The second-order valence-electron chi connectivity index (χ2n) is 4.66. The van der Waals surface area contributed by atoms with Crippen molar-refractivity contribution in [3.8, 4) is 0 Å². The molecule has 0 aromatic heterocycles. The van der Waals surface area contributed by atoms with Gasteiger partial charge in [0.1, 0.15) is 0 Å². The fourth-order valence-corrected chi connectivity index (χ4v) is 3.00. The Morgan fingerprint density at radius 3 is 2.39 bits per heavy atom. The molecule has 2 aromatic carbocycles. The van der Waals surface area contributed by atoms with Gasteiger partial charge in [0.25, 0.3) is 0 Å². The van der Waals surface area contributed by atoms with Crippen molar-refractivity contribution in [1.29, 1.82) is 0 Å². The van der Waals surface area contributed by atoms with Crippen molar-refractivity contribution in [2.45, 2.75) is 37.1 Å². The summed E-state index contributed by atoms with van der Waals surface area (Å²) in [5, 5.41) is 0. The van der Waals surface area contributed by atoms with Crippen molar-refractivity contribution in [2.24, 2.45) is 5.73 Å². The lowest BCUT2D eigenvalue weighted by Crippen LogP contribution is -1.98. The van der Waals surface area contributed by atoms with Gasteiger partial charge in [-0.05, 0) is 61.2 Å². The SMILES string of the molecule is Cc1ccc(C)c(Sc2ccc(CN)c(C)c2)c1. The summed E-state index contributed by atoms with van der Waals surface area (Å²) in [4.78, 5) is 2.60. The van der Waals surface area contributed by atoms with Crippen LogP contribution in [0.2, 0.25) is 0 Å². The monoisotopic (exact) mass is 257 g/mol. The molecule has 94 valence electrons. The van der Waals surface area contributed by atoms with Crippen molar-refractivity contribution in [2.75, 3.05) is 0 Å². The number of hydrogen-bond donors (Lipinski definition) is 1. The number of benzene rings is 2. The van der Waals surface area contributed by atoms with E-state index in [2.05, 4.69) is 57.2 Å². The highest BCUT2D eigenvalue weighted by atomic mass is 32.2. The van der Waals surface area contributed by atoms with Crippen LogP contribution in [0.3, 0.4) is 0 Å². The molecule has 0 aliphatic carbocycles. The molecular formula is C16H19NS. The van der Waals surface area contributed by atoms with Crippen LogP contribution in [0, 0.1) is 20.8 Å². The van der Waals surface area contributed by atoms with Crippen LogP contribution in [0.5, 0.6) is 0 Å². The average molecular weight is 257 g/mol. The molecule has 0 radical (unpaired) electrons. The molecule has 0 saturated carbocycles. The zero-order valence-corrected chi connectivity index (χ0v) is 12.0. The van der Waals surface area contributed by atoms with E-state index in [0.29, 0.717) is 6.54 Å². The molecule has 0 fully saturated rings. The minimum atomic E-state index is 0.611. The maximum Gasteiger partial charge on any atom is 0.0180 e. The highest BCUT2D eigenvalue weighted by molar-refractivity contribution is 7.99. The van der Waals surface area contributed by atoms with Gasteiger partial charge < -0.3 is 5.73 Å². The van der Waals surface area contributed by atoms with Gasteiger partial charge in [-0.15, -0.1) is 0 Å². The Bertz CT molecular complexity index is 561. The topological polar surface area (TPSA) is 26.0 Å². The van der Waals surface area contributed by atoms with E-state index in [1.807, 2.05) is 11.8 Å². The van der Waals surface area contributed by atoms with Crippen molar-refractivity contribution in [1.82, 2.24) is 0 Å². The van der Waals surface area contributed by atoms with E-state index in [0.717, 1.165) is 0 Å². The van der Waals surface area contributed by atoms with Crippen molar-refractivity contribution < 1.29 is 0 Å². The van der Waals surface area contributed by atoms with Gasteiger partial charge >= 0.3 is 0 Å². The maximum atomic E-state index is 5.69. The standard InChI is InChI=1S/C16H19NS/c1-11-4-5-12(2)16(8-11)18-15-7-6-14(10-17)13(3)9-15/h4-9H,10,17H2,1-3H3. The van der Waals surface area contributed by atoms with Crippen LogP contribution >= 0.6 is 11.8 Å². The lowest BCUT2D eigenvalue weighted by molar-refractivity contribution is 1.04. The number of aryl methyl sites for hydroxylation is 3. The average Bonchev–Trinajstić information content (AvgIpc) is 2.34. The fourth-order valence-electron chi connectivity index (χ4n) is 1.91. The lowest BCUT2D eigenvalue weighted by atomic mass is 10.1. The third kappa shape index (κ3) is 2.95. The van der Waals surface area contributed by atoms with Crippen LogP contribution in [0.1, 0.15) is 22.3 Å². The second kappa shape index (κ2) is 5.59. The van der Waals surface area contributed by atoms with E-state index in [9.17, 15) is 0 Å². The Kier molecular flexibility index (Phi) is 4.10. The van der Waals surface area contributed by atoms with Crippen LogP contribution in [0.4, 0.5) is 0 Å². The van der Waals surface area contributed by atoms with Crippen molar-refractivity contribution >= 4 is 11.8 Å². The van der Waals surface area contributed by atoms with Crippen LogP contribution in [0.15, 0.2) is 46.2 Å². The summed E-state index contributed by atoms with van der Waals surface area (Å²) in [5.74, 6) is 0. The van der Waals surface area contributed by atoms with Gasteiger partial charge in [-0.1, -0.05) is 30.0 Å². The molecule has 0 heterocycles. The summed E-state index contributed by atoms with van der Waals surface area (Å²) in [6, 6.07) is 13.1. The molecule has 0 unspecified atom stereocenters. The predicted octanol–water partition coefficient (Wildman–Crippen LogP) is 4.22. The lowest BCUT2D eigenvalue weighted by Gasteiger charge is -2.09. The molecule has 18 heavy (non-hydrogen) atoms. The van der Waals surface area contributed by atoms with Crippen LogP contribution in [0.25, 0.3) is 0 Å². The Morgan fingerprint density at radius 2 is 1.72 bits per heavy atom. The molecule has 2 aromatic rings. The highest BCUT2D eigenvalue weighted by Crippen LogP contribution is 2.31. The molecule has 0 spiro atoms. The fraction of sp³-hybridized carbons (Fsp3) is 0.250. The number of nitrogens with two attached hydrogens (primary N) is 1. The summed E-state index contributed by atoms with van der Waals surface area (Å²) in [7, 11) is 0. The molecule has 0 saturated heterocycles. The minimum Gasteiger partial charge on any atom is -0.326 e. The predicted molar refractivity (Wildman–Crippen MR) is 79.1 cm³/mol. The summed E-state index contributed by atoms with van der Waals surface area (Å²) < 4.78 is 0. The number of rotatable bonds is 3. The first kappa shape index (κ1) is 13.2. The van der Waals surface area contributed by atoms with Crippen molar-refractivity contribution in [3.63, 3.8) is 0 Å². The molecule has 0 amide bonds. The van der Waals surface area contributed by atoms with Gasteiger partial charge in [0.15, 0.2) is 0 Å². The van der Waals surface area contributed by atoms with E-state index in [1.54, 1.807) is 0 Å². The van der Waals surface area contributed by atoms with E-state index < -0.39 is 0 Å². The van der Waals surface area contributed by atoms with E-state index in [1.165, 1.54) is 32.0 Å². The van der Waals surface area contributed by atoms with E-state index >= 15 is 0 Å². The van der Waals surface area contributed by atoms with Crippen LogP contribution in [-0.4, -0.2) is 0 Å². The van der Waals surface area contributed by atoms with Crippen molar-refractivity contribution in [3.05, 3.63) is 58.7 Å². The first-order valence-corrected chi connectivity index (χ1v) is 6.96. The third-order valence-corrected chi connectivity index (χ3v) is 4.25. The summed E-state index contributed by atoms with van der Waals surface area (Å²) in [6.45, 7) is 7.02. The van der Waals surface area contributed by atoms with Gasteiger partial charge in [-0.3, -0.25) is 0 Å². The molecule has 2 N–H and O–H groups in total. The zero-order valence-electron chi connectivity index (χ0n) is 11.2. The maximum absolute atomic E-state index is 5.69. The first-order chi connectivity index (χ1) is 8.60. The van der Waals surface area contributed by atoms with Gasteiger partial charge in [-0.25, -0.2) is 0 Å². The quantitative estimate of drug-likeness (QED) is 0.891. The first-order valence-electron chi connectivity index (χ1n) is 6.15. The largest absolute Gasteiger partial charge is 0.326 e. The highest BCUT2D eigenvalue weighted by Gasteiger charge is 2.03. The van der Waals surface area contributed by atoms with Gasteiger partial charge in [0.2, 0.25) is 0 Å². The van der Waals surface area contributed by atoms with E-state index in [-0.39, 0.29) is 0 Å². The minimum absolute atomic E-state index is 0.611. The molecular weight excluding hydrogens is 238 g/mol. The molecule has 0 atom stereocenters. The Morgan fingerprint density at radius 1 is 0.944 bits per heavy atom. The smallest absolute Gasteiger partial charge is 0.0180 e.